The third-order valence-electron chi connectivity index (χ3n) is 3.87. The molecule has 3 heterocycles. The van der Waals surface area contributed by atoms with E-state index in [0.717, 1.165) is 16.7 Å². The second-order valence-corrected chi connectivity index (χ2v) is 5.49. The molecule has 0 atom stereocenters. The number of fused-ring (bicyclic) bond motifs is 1. The molecule has 0 N–H and O–H groups in total. The third kappa shape index (κ3) is 2.67. The van der Waals surface area contributed by atoms with Crippen molar-refractivity contribution in [1.29, 1.82) is 0 Å². The lowest BCUT2D eigenvalue weighted by molar-refractivity contribution is 0.747. The number of pyridine rings is 2. The summed E-state index contributed by atoms with van der Waals surface area (Å²) in [4.78, 5) is 25.1. The van der Waals surface area contributed by atoms with E-state index in [1.54, 1.807) is 35.4 Å². The SMILES string of the molecule is O=c1c2cccnc2ncn1Cc1cccc(-c2cccnc2)c1. The maximum atomic E-state index is 12.6. The molecular weight excluding hydrogens is 300 g/mol. The van der Waals surface area contributed by atoms with Gasteiger partial charge in [-0.25, -0.2) is 9.97 Å². The van der Waals surface area contributed by atoms with Gasteiger partial charge in [0.25, 0.3) is 5.56 Å². The van der Waals surface area contributed by atoms with Gasteiger partial charge >= 0.3 is 0 Å². The summed E-state index contributed by atoms with van der Waals surface area (Å²) >= 11 is 0. The maximum Gasteiger partial charge on any atom is 0.263 e. The minimum atomic E-state index is -0.0834. The molecule has 0 radical (unpaired) electrons. The molecule has 4 rings (SSSR count). The quantitative estimate of drug-likeness (QED) is 0.583. The van der Waals surface area contributed by atoms with Gasteiger partial charge in [0.2, 0.25) is 0 Å². The summed E-state index contributed by atoms with van der Waals surface area (Å²) in [7, 11) is 0. The Balaban J connectivity index is 1.72. The summed E-state index contributed by atoms with van der Waals surface area (Å²) in [5.74, 6) is 0. The van der Waals surface area contributed by atoms with Crippen LogP contribution in [0.4, 0.5) is 0 Å². The summed E-state index contributed by atoms with van der Waals surface area (Å²) < 4.78 is 1.60. The van der Waals surface area contributed by atoms with Crippen molar-refractivity contribution in [3.63, 3.8) is 0 Å². The van der Waals surface area contributed by atoms with Crippen LogP contribution in [-0.4, -0.2) is 19.5 Å². The average Bonchev–Trinajstić information content (AvgIpc) is 2.65. The van der Waals surface area contributed by atoms with Gasteiger partial charge in [0.1, 0.15) is 6.33 Å². The number of nitrogens with zero attached hydrogens (tertiary/aromatic N) is 4. The van der Waals surface area contributed by atoms with Crippen molar-refractivity contribution >= 4 is 11.0 Å². The molecule has 0 saturated heterocycles. The van der Waals surface area contributed by atoms with E-state index < -0.39 is 0 Å². The monoisotopic (exact) mass is 314 g/mol. The summed E-state index contributed by atoms with van der Waals surface area (Å²) in [6.07, 6.45) is 6.77. The lowest BCUT2D eigenvalue weighted by Gasteiger charge is -2.08. The lowest BCUT2D eigenvalue weighted by atomic mass is 10.0. The van der Waals surface area contributed by atoms with Crippen molar-refractivity contribution in [1.82, 2.24) is 19.5 Å². The first-order valence-electron chi connectivity index (χ1n) is 7.61. The number of hydrogen-bond acceptors (Lipinski definition) is 4. The Hall–Kier alpha value is -3.34. The first kappa shape index (κ1) is 14.3. The molecule has 0 spiro atoms. The van der Waals surface area contributed by atoms with Crippen LogP contribution in [0, 0.1) is 0 Å². The number of benzene rings is 1. The van der Waals surface area contributed by atoms with Crippen LogP contribution in [0.25, 0.3) is 22.2 Å². The van der Waals surface area contributed by atoms with Crippen LogP contribution in [0.3, 0.4) is 0 Å². The summed E-state index contributed by atoms with van der Waals surface area (Å²) in [5.41, 5.74) is 3.54. The zero-order chi connectivity index (χ0) is 16.4. The molecule has 0 aliphatic rings. The Morgan fingerprint density at radius 3 is 2.67 bits per heavy atom. The molecule has 0 saturated carbocycles. The fraction of sp³-hybridized carbons (Fsp3) is 0.0526. The van der Waals surface area contributed by atoms with Gasteiger partial charge in [-0.2, -0.15) is 0 Å². The zero-order valence-electron chi connectivity index (χ0n) is 12.8. The third-order valence-corrected chi connectivity index (χ3v) is 3.87. The average molecular weight is 314 g/mol. The predicted molar refractivity (Wildman–Crippen MR) is 92.6 cm³/mol. The smallest absolute Gasteiger partial charge is 0.263 e. The van der Waals surface area contributed by atoms with Gasteiger partial charge in [-0.1, -0.05) is 24.3 Å². The summed E-state index contributed by atoms with van der Waals surface area (Å²) in [6.45, 7) is 0.463. The highest BCUT2D eigenvalue weighted by molar-refractivity contribution is 5.72. The van der Waals surface area contributed by atoms with E-state index in [1.165, 1.54) is 0 Å². The van der Waals surface area contributed by atoms with E-state index in [9.17, 15) is 4.79 Å². The highest BCUT2D eigenvalue weighted by atomic mass is 16.1. The highest BCUT2D eigenvalue weighted by Crippen LogP contribution is 2.19. The van der Waals surface area contributed by atoms with Crippen LogP contribution >= 0.6 is 0 Å². The minimum absolute atomic E-state index is 0.0834. The Kier molecular flexibility index (Phi) is 3.59. The van der Waals surface area contributed by atoms with E-state index in [1.807, 2.05) is 36.5 Å². The Morgan fingerprint density at radius 1 is 0.917 bits per heavy atom. The van der Waals surface area contributed by atoms with Crippen molar-refractivity contribution in [2.75, 3.05) is 0 Å². The van der Waals surface area contributed by atoms with E-state index >= 15 is 0 Å². The number of rotatable bonds is 3. The largest absolute Gasteiger partial charge is 0.294 e. The first-order valence-corrected chi connectivity index (χ1v) is 7.61. The molecule has 4 aromatic rings. The highest BCUT2D eigenvalue weighted by Gasteiger charge is 2.06. The second-order valence-electron chi connectivity index (χ2n) is 5.49. The van der Waals surface area contributed by atoms with Crippen LogP contribution in [0.5, 0.6) is 0 Å². The van der Waals surface area contributed by atoms with Crippen molar-refractivity contribution in [3.05, 3.63) is 89.4 Å². The molecular formula is C19H14N4O. The fourth-order valence-electron chi connectivity index (χ4n) is 2.69. The van der Waals surface area contributed by atoms with Crippen LogP contribution in [0.15, 0.2) is 78.2 Å². The van der Waals surface area contributed by atoms with Crippen LogP contribution in [0.1, 0.15) is 5.56 Å². The molecule has 1 aromatic carbocycles. The van der Waals surface area contributed by atoms with E-state index in [-0.39, 0.29) is 5.56 Å². The van der Waals surface area contributed by atoms with Gasteiger partial charge in [0, 0.05) is 18.6 Å². The molecule has 0 bridgehead atoms. The van der Waals surface area contributed by atoms with Gasteiger partial charge in [0.15, 0.2) is 5.65 Å². The van der Waals surface area contributed by atoms with Gasteiger partial charge < -0.3 is 0 Å². The van der Waals surface area contributed by atoms with Gasteiger partial charge in [-0.15, -0.1) is 0 Å². The Morgan fingerprint density at radius 2 is 1.79 bits per heavy atom. The van der Waals surface area contributed by atoms with Crippen LogP contribution in [-0.2, 0) is 6.54 Å². The molecule has 24 heavy (non-hydrogen) atoms. The molecule has 116 valence electrons. The predicted octanol–water partition coefficient (Wildman–Crippen LogP) is 2.90. The topological polar surface area (TPSA) is 60.7 Å². The van der Waals surface area contributed by atoms with Gasteiger partial charge in [-0.3, -0.25) is 14.3 Å². The fourth-order valence-corrected chi connectivity index (χ4v) is 2.69. The minimum Gasteiger partial charge on any atom is -0.294 e. The van der Waals surface area contributed by atoms with E-state index in [0.29, 0.717) is 17.6 Å². The number of aromatic nitrogens is 4. The molecule has 0 amide bonds. The normalized spacial score (nSPS) is 10.8. The van der Waals surface area contributed by atoms with Crippen LogP contribution < -0.4 is 5.56 Å². The molecule has 0 aliphatic heterocycles. The molecule has 3 aromatic heterocycles. The molecule has 5 nitrogen and oxygen atoms in total. The van der Waals surface area contributed by atoms with Crippen molar-refractivity contribution in [2.24, 2.45) is 0 Å². The molecule has 5 heteroatoms. The lowest BCUT2D eigenvalue weighted by Crippen LogP contribution is -2.21. The Labute approximate surface area is 138 Å². The van der Waals surface area contributed by atoms with Crippen molar-refractivity contribution in [3.8, 4) is 11.1 Å². The summed E-state index contributed by atoms with van der Waals surface area (Å²) in [5, 5.41) is 0.531. The van der Waals surface area contributed by atoms with E-state index in [4.69, 9.17) is 0 Å². The summed E-state index contributed by atoms with van der Waals surface area (Å²) in [6, 6.07) is 15.5. The Bertz CT molecular complexity index is 1060. The van der Waals surface area contributed by atoms with Crippen molar-refractivity contribution in [2.45, 2.75) is 6.54 Å². The first-order chi connectivity index (χ1) is 11.8. The number of hydrogen-bond donors (Lipinski definition) is 0. The molecule has 0 aliphatic carbocycles. The van der Waals surface area contributed by atoms with Crippen molar-refractivity contribution < 1.29 is 0 Å². The second kappa shape index (κ2) is 6.04. The van der Waals surface area contributed by atoms with Gasteiger partial charge in [-0.05, 0) is 41.0 Å². The molecule has 0 unspecified atom stereocenters. The van der Waals surface area contributed by atoms with Gasteiger partial charge in [0.05, 0.1) is 11.9 Å². The van der Waals surface area contributed by atoms with Crippen LogP contribution in [0.2, 0.25) is 0 Å². The molecule has 0 fully saturated rings. The van der Waals surface area contributed by atoms with E-state index in [2.05, 4.69) is 21.0 Å². The zero-order valence-corrected chi connectivity index (χ0v) is 12.8. The maximum absolute atomic E-state index is 12.6. The standard InChI is InChI=1S/C19H14N4O/c24-19-17-7-3-9-21-18(17)22-13-23(19)12-14-4-1-5-15(10-14)16-6-2-8-20-11-16/h1-11,13H,12H2.